The lowest BCUT2D eigenvalue weighted by Crippen LogP contribution is -2.40. The molecular weight excluding hydrogens is 318 g/mol. The van der Waals surface area contributed by atoms with Crippen molar-refractivity contribution in [1.82, 2.24) is 13.9 Å². The highest BCUT2D eigenvalue weighted by Crippen LogP contribution is 2.13. The highest BCUT2D eigenvalue weighted by atomic mass is 32.2. The van der Waals surface area contributed by atoms with Gasteiger partial charge in [0.1, 0.15) is 0 Å². The van der Waals surface area contributed by atoms with Crippen LogP contribution in [0.5, 0.6) is 0 Å². The highest BCUT2D eigenvalue weighted by Gasteiger charge is 2.26. The molecule has 0 saturated carbocycles. The quantitative estimate of drug-likeness (QED) is 0.775. The Morgan fingerprint density at radius 3 is 2.96 bits per heavy atom. The van der Waals surface area contributed by atoms with Gasteiger partial charge >= 0.3 is 0 Å². The van der Waals surface area contributed by atoms with Gasteiger partial charge in [-0.1, -0.05) is 12.1 Å². The third kappa shape index (κ3) is 3.89. The molecule has 1 aliphatic heterocycles. The van der Waals surface area contributed by atoms with E-state index in [2.05, 4.69) is 4.98 Å². The summed E-state index contributed by atoms with van der Waals surface area (Å²) < 4.78 is 38.8. The van der Waals surface area contributed by atoms with E-state index < -0.39 is 10.0 Å². The Morgan fingerprint density at radius 1 is 1.35 bits per heavy atom. The second-order valence-corrected chi connectivity index (χ2v) is 7.71. The first-order chi connectivity index (χ1) is 11.1. The van der Waals surface area contributed by atoms with Gasteiger partial charge in [-0.05, 0) is 12.1 Å². The fourth-order valence-corrected chi connectivity index (χ4v) is 3.85. The third-order valence-corrected chi connectivity index (χ3v) is 5.86. The number of aromatic nitrogens is 2. The lowest BCUT2D eigenvalue weighted by molar-refractivity contribution is -0.0784. The van der Waals surface area contributed by atoms with Crippen molar-refractivity contribution in [2.45, 2.75) is 12.6 Å². The molecule has 0 aliphatic carbocycles. The molecule has 0 bridgehead atoms. The monoisotopic (exact) mass is 339 g/mol. The number of rotatable bonds is 6. The van der Waals surface area contributed by atoms with Crippen LogP contribution < -0.4 is 0 Å². The zero-order valence-electron chi connectivity index (χ0n) is 13.1. The first kappa shape index (κ1) is 16.4. The number of fused-ring (bicyclic) bond motifs is 1. The van der Waals surface area contributed by atoms with E-state index in [-0.39, 0.29) is 11.9 Å². The molecule has 1 fully saturated rings. The SMILES string of the molecule is CN(CCn1cnc2ccccc21)S(=O)(=O)CC1COCCO1. The Kier molecular flexibility index (Phi) is 4.96. The minimum atomic E-state index is -3.37. The molecule has 0 radical (unpaired) electrons. The van der Waals surface area contributed by atoms with Gasteiger partial charge in [0.25, 0.3) is 0 Å². The largest absolute Gasteiger partial charge is 0.376 e. The van der Waals surface area contributed by atoms with Gasteiger partial charge in [0.15, 0.2) is 0 Å². The summed E-state index contributed by atoms with van der Waals surface area (Å²) in [6.45, 7) is 2.25. The summed E-state index contributed by atoms with van der Waals surface area (Å²) in [4.78, 5) is 4.31. The van der Waals surface area contributed by atoms with Crippen molar-refractivity contribution in [3.8, 4) is 0 Å². The number of sulfonamides is 1. The Labute approximate surface area is 135 Å². The van der Waals surface area contributed by atoms with Crippen LogP contribution in [-0.4, -0.2) is 67.5 Å². The number of nitrogens with zero attached hydrogens (tertiary/aromatic N) is 3. The molecule has 23 heavy (non-hydrogen) atoms. The van der Waals surface area contributed by atoms with Gasteiger partial charge in [0.2, 0.25) is 10.0 Å². The number of imidazole rings is 1. The topological polar surface area (TPSA) is 73.7 Å². The van der Waals surface area contributed by atoms with Crippen molar-refractivity contribution in [1.29, 1.82) is 0 Å². The maximum atomic E-state index is 12.4. The number of para-hydroxylation sites is 2. The van der Waals surface area contributed by atoms with Gasteiger partial charge in [-0.25, -0.2) is 17.7 Å². The van der Waals surface area contributed by atoms with Crippen LogP contribution >= 0.6 is 0 Å². The summed E-state index contributed by atoms with van der Waals surface area (Å²) in [6, 6.07) is 7.79. The Morgan fingerprint density at radius 2 is 2.17 bits per heavy atom. The van der Waals surface area contributed by atoms with Crippen molar-refractivity contribution >= 4 is 21.1 Å². The lowest BCUT2D eigenvalue weighted by Gasteiger charge is -2.25. The summed E-state index contributed by atoms with van der Waals surface area (Å²) in [5.41, 5.74) is 1.91. The molecule has 2 heterocycles. The second-order valence-electron chi connectivity index (χ2n) is 5.59. The molecular formula is C15H21N3O4S. The zero-order chi connectivity index (χ0) is 16.3. The second kappa shape index (κ2) is 6.96. The van der Waals surface area contributed by atoms with E-state index in [1.165, 1.54) is 4.31 Å². The van der Waals surface area contributed by atoms with Crippen LogP contribution in [0.4, 0.5) is 0 Å². The molecule has 0 spiro atoms. The van der Waals surface area contributed by atoms with Crippen molar-refractivity contribution in [2.75, 3.05) is 39.2 Å². The van der Waals surface area contributed by atoms with Crippen LogP contribution in [0, 0.1) is 0 Å². The molecule has 0 N–H and O–H groups in total. The number of ether oxygens (including phenoxy) is 2. The molecule has 126 valence electrons. The maximum absolute atomic E-state index is 12.4. The maximum Gasteiger partial charge on any atom is 0.216 e. The molecule has 3 rings (SSSR count). The molecule has 7 nitrogen and oxygen atoms in total. The number of benzene rings is 1. The molecule has 1 aromatic heterocycles. The predicted octanol–water partition coefficient (Wildman–Crippen LogP) is 0.713. The molecule has 2 aromatic rings. The summed E-state index contributed by atoms with van der Waals surface area (Å²) in [5.74, 6) is -0.0474. The average molecular weight is 339 g/mol. The van der Waals surface area contributed by atoms with E-state index in [0.29, 0.717) is 32.9 Å². The highest BCUT2D eigenvalue weighted by molar-refractivity contribution is 7.89. The average Bonchev–Trinajstić information content (AvgIpc) is 2.96. The van der Waals surface area contributed by atoms with Crippen molar-refractivity contribution in [3.63, 3.8) is 0 Å². The van der Waals surface area contributed by atoms with Gasteiger partial charge in [0.05, 0.1) is 49.0 Å². The number of hydrogen-bond acceptors (Lipinski definition) is 5. The smallest absolute Gasteiger partial charge is 0.216 e. The van der Waals surface area contributed by atoms with Gasteiger partial charge < -0.3 is 14.0 Å². The van der Waals surface area contributed by atoms with Crippen molar-refractivity contribution in [3.05, 3.63) is 30.6 Å². The lowest BCUT2D eigenvalue weighted by atomic mass is 10.3. The minimum absolute atomic E-state index is 0.0474. The van der Waals surface area contributed by atoms with E-state index in [1.54, 1.807) is 13.4 Å². The van der Waals surface area contributed by atoms with Gasteiger partial charge in [-0.2, -0.15) is 0 Å². The third-order valence-electron chi connectivity index (χ3n) is 3.94. The van der Waals surface area contributed by atoms with Gasteiger partial charge in [-0.3, -0.25) is 0 Å². The number of hydrogen-bond donors (Lipinski definition) is 0. The molecule has 1 aromatic carbocycles. The predicted molar refractivity (Wildman–Crippen MR) is 86.7 cm³/mol. The summed E-state index contributed by atoms with van der Waals surface area (Å²) in [6.07, 6.45) is 1.36. The summed E-state index contributed by atoms with van der Waals surface area (Å²) in [5, 5.41) is 0. The molecule has 8 heteroatoms. The van der Waals surface area contributed by atoms with E-state index in [4.69, 9.17) is 9.47 Å². The van der Waals surface area contributed by atoms with Crippen LogP contribution in [0.2, 0.25) is 0 Å². The van der Waals surface area contributed by atoms with Crippen LogP contribution in [0.25, 0.3) is 11.0 Å². The Hall–Kier alpha value is -1.48. The van der Waals surface area contributed by atoms with Gasteiger partial charge in [0, 0.05) is 20.1 Å². The van der Waals surface area contributed by atoms with Crippen LogP contribution in [-0.2, 0) is 26.0 Å². The molecule has 1 aliphatic rings. The minimum Gasteiger partial charge on any atom is -0.376 e. The fraction of sp³-hybridized carbons (Fsp3) is 0.533. The van der Waals surface area contributed by atoms with E-state index >= 15 is 0 Å². The molecule has 1 atom stereocenters. The van der Waals surface area contributed by atoms with E-state index in [1.807, 2.05) is 28.8 Å². The van der Waals surface area contributed by atoms with E-state index in [0.717, 1.165) is 11.0 Å². The van der Waals surface area contributed by atoms with Gasteiger partial charge in [-0.15, -0.1) is 0 Å². The zero-order valence-corrected chi connectivity index (χ0v) is 13.9. The number of likely N-dealkylation sites (N-methyl/N-ethyl adjacent to an activating group) is 1. The Bertz CT molecular complexity index is 753. The first-order valence-corrected chi connectivity index (χ1v) is 9.20. The normalized spacial score (nSPS) is 19.5. The standard InChI is InChI=1S/C15H21N3O4S/c1-17(23(19,20)11-13-10-21-8-9-22-13)6-7-18-12-16-14-4-2-3-5-15(14)18/h2-5,12-13H,6-11H2,1H3. The summed E-state index contributed by atoms with van der Waals surface area (Å²) >= 11 is 0. The Balaban J connectivity index is 1.60. The van der Waals surface area contributed by atoms with Crippen LogP contribution in [0.3, 0.4) is 0 Å². The van der Waals surface area contributed by atoms with Crippen LogP contribution in [0.1, 0.15) is 0 Å². The van der Waals surface area contributed by atoms with Crippen molar-refractivity contribution < 1.29 is 17.9 Å². The molecule has 1 unspecified atom stereocenters. The van der Waals surface area contributed by atoms with Crippen LogP contribution in [0.15, 0.2) is 30.6 Å². The van der Waals surface area contributed by atoms with E-state index in [9.17, 15) is 8.42 Å². The molecule has 1 saturated heterocycles. The fourth-order valence-electron chi connectivity index (χ4n) is 2.57. The summed E-state index contributed by atoms with van der Waals surface area (Å²) in [7, 11) is -1.78. The first-order valence-electron chi connectivity index (χ1n) is 7.59. The molecule has 0 amide bonds. The van der Waals surface area contributed by atoms with Crippen molar-refractivity contribution in [2.24, 2.45) is 0 Å².